The van der Waals surface area contributed by atoms with Crippen LogP contribution in [0.25, 0.3) is 27.3 Å². The van der Waals surface area contributed by atoms with Gasteiger partial charge >= 0.3 is 5.97 Å². The van der Waals surface area contributed by atoms with Gasteiger partial charge in [-0.1, -0.05) is 41.6 Å². The highest BCUT2D eigenvalue weighted by Crippen LogP contribution is 2.33. The molecule has 0 atom stereocenters. The van der Waals surface area contributed by atoms with Crippen molar-refractivity contribution in [2.45, 2.75) is 32.1 Å². The van der Waals surface area contributed by atoms with E-state index in [1.54, 1.807) is 10.6 Å². The van der Waals surface area contributed by atoms with Crippen LogP contribution in [-0.2, 0) is 6.42 Å². The van der Waals surface area contributed by atoms with Crippen molar-refractivity contribution in [3.8, 4) is 0 Å². The molecule has 0 saturated carbocycles. The Hall–Kier alpha value is -3.84. The Morgan fingerprint density at radius 2 is 1.77 bits per heavy atom. The maximum Gasteiger partial charge on any atom is 0.358 e. The van der Waals surface area contributed by atoms with Crippen LogP contribution in [0.15, 0.2) is 60.7 Å². The summed E-state index contributed by atoms with van der Waals surface area (Å²) in [6, 6.07) is 20.8. The van der Waals surface area contributed by atoms with Gasteiger partial charge < -0.3 is 10.0 Å². The molecule has 0 bridgehead atoms. The van der Waals surface area contributed by atoms with Crippen molar-refractivity contribution in [2.24, 2.45) is 0 Å². The lowest BCUT2D eigenvalue weighted by atomic mass is 9.87. The van der Waals surface area contributed by atoms with Gasteiger partial charge in [0.05, 0.1) is 11.0 Å². The van der Waals surface area contributed by atoms with Crippen molar-refractivity contribution >= 4 is 33.3 Å². The van der Waals surface area contributed by atoms with E-state index in [0.717, 1.165) is 61.0 Å². The number of aromatic nitrogens is 4. The SMILES string of the molecule is Cc1ccc2c(C3CCN(CCc4cccc5c4ccc4c(C(=O)O)nnn45)CC3)cccc2n1. The van der Waals surface area contributed by atoms with E-state index >= 15 is 0 Å². The van der Waals surface area contributed by atoms with Crippen molar-refractivity contribution in [1.29, 1.82) is 0 Å². The average molecular weight is 466 g/mol. The molecule has 0 radical (unpaired) electrons. The number of aryl methyl sites for hydroxylation is 1. The molecule has 0 spiro atoms. The van der Waals surface area contributed by atoms with Crippen LogP contribution in [0.2, 0.25) is 0 Å². The maximum atomic E-state index is 11.4. The first kappa shape index (κ1) is 21.7. The van der Waals surface area contributed by atoms with Gasteiger partial charge in [-0.3, -0.25) is 4.98 Å². The van der Waals surface area contributed by atoms with Gasteiger partial charge in [0.25, 0.3) is 0 Å². The van der Waals surface area contributed by atoms with Crippen LogP contribution in [-0.4, -0.2) is 55.4 Å². The lowest BCUT2D eigenvalue weighted by Gasteiger charge is -2.32. The maximum absolute atomic E-state index is 11.4. The molecule has 7 heteroatoms. The Bertz CT molecular complexity index is 1570. The van der Waals surface area contributed by atoms with Crippen LogP contribution >= 0.6 is 0 Å². The Kier molecular flexibility index (Phi) is 5.41. The number of pyridine rings is 2. The second kappa shape index (κ2) is 8.74. The van der Waals surface area contributed by atoms with Crippen molar-refractivity contribution in [2.75, 3.05) is 19.6 Å². The summed E-state index contributed by atoms with van der Waals surface area (Å²) < 4.78 is 1.63. The predicted molar refractivity (Wildman–Crippen MR) is 136 cm³/mol. The molecule has 2 aromatic carbocycles. The molecule has 1 aliphatic rings. The fraction of sp³-hybridized carbons (Fsp3) is 0.286. The highest BCUT2D eigenvalue weighted by Gasteiger charge is 2.22. The number of rotatable bonds is 5. The number of fused-ring (bicyclic) bond motifs is 4. The molecule has 1 N–H and O–H groups in total. The van der Waals surface area contributed by atoms with E-state index in [0.29, 0.717) is 11.4 Å². The van der Waals surface area contributed by atoms with Crippen molar-refractivity contribution < 1.29 is 9.90 Å². The molecule has 0 aliphatic carbocycles. The van der Waals surface area contributed by atoms with Crippen LogP contribution in [0.5, 0.6) is 0 Å². The van der Waals surface area contributed by atoms with Crippen molar-refractivity contribution in [1.82, 2.24) is 24.7 Å². The van der Waals surface area contributed by atoms with Gasteiger partial charge in [-0.25, -0.2) is 9.31 Å². The Labute approximate surface area is 203 Å². The number of hydrogen-bond donors (Lipinski definition) is 1. The fourth-order valence-electron chi connectivity index (χ4n) is 5.51. The molecular weight excluding hydrogens is 438 g/mol. The summed E-state index contributed by atoms with van der Waals surface area (Å²) >= 11 is 0. The number of carbonyl (C=O) groups is 1. The third-order valence-electron chi connectivity index (χ3n) is 7.35. The number of likely N-dealkylation sites (tertiary alicyclic amines) is 1. The van der Waals surface area contributed by atoms with E-state index < -0.39 is 5.97 Å². The van der Waals surface area contributed by atoms with Crippen LogP contribution in [0.3, 0.4) is 0 Å². The van der Waals surface area contributed by atoms with Gasteiger partial charge in [0.2, 0.25) is 0 Å². The summed E-state index contributed by atoms with van der Waals surface area (Å²) in [5.74, 6) is -0.491. The first-order valence-electron chi connectivity index (χ1n) is 12.2. The first-order valence-corrected chi connectivity index (χ1v) is 12.2. The quantitative estimate of drug-likeness (QED) is 0.399. The smallest absolute Gasteiger partial charge is 0.358 e. The van der Waals surface area contributed by atoms with Crippen molar-refractivity contribution in [3.05, 3.63) is 83.2 Å². The zero-order valence-electron chi connectivity index (χ0n) is 19.7. The number of benzene rings is 2. The van der Waals surface area contributed by atoms with E-state index in [2.05, 4.69) is 51.6 Å². The monoisotopic (exact) mass is 465 g/mol. The largest absolute Gasteiger partial charge is 0.476 e. The summed E-state index contributed by atoms with van der Waals surface area (Å²) in [7, 11) is 0. The van der Waals surface area contributed by atoms with E-state index in [1.807, 2.05) is 25.1 Å². The van der Waals surface area contributed by atoms with Crippen molar-refractivity contribution in [3.63, 3.8) is 0 Å². The molecule has 0 amide bonds. The van der Waals surface area contributed by atoms with Crippen LogP contribution in [0.4, 0.5) is 0 Å². The number of nitrogens with zero attached hydrogens (tertiary/aromatic N) is 5. The summed E-state index contributed by atoms with van der Waals surface area (Å²) in [5, 5.41) is 19.7. The molecule has 176 valence electrons. The van der Waals surface area contributed by atoms with E-state index in [9.17, 15) is 9.90 Å². The highest BCUT2D eigenvalue weighted by molar-refractivity contribution is 5.96. The fourth-order valence-corrected chi connectivity index (χ4v) is 5.51. The van der Waals surface area contributed by atoms with Gasteiger partial charge in [0, 0.05) is 23.0 Å². The van der Waals surface area contributed by atoms with Gasteiger partial charge in [-0.05, 0) is 80.6 Å². The molecule has 0 unspecified atom stereocenters. The molecular formula is C28H27N5O2. The third kappa shape index (κ3) is 3.91. The lowest BCUT2D eigenvalue weighted by Crippen LogP contribution is -2.34. The molecule has 7 nitrogen and oxygen atoms in total. The Morgan fingerprint density at radius 1 is 0.971 bits per heavy atom. The molecule has 3 aromatic heterocycles. The van der Waals surface area contributed by atoms with Crippen LogP contribution < -0.4 is 0 Å². The number of hydrogen-bond acceptors (Lipinski definition) is 5. The first-order chi connectivity index (χ1) is 17.1. The second-order valence-electron chi connectivity index (χ2n) is 9.46. The zero-order valence-corrected chi connectivity index (χ0v) is 19.7. The molecule has 35 heavy (non-hydrogen) atoms. The van der Waals surface area contributed by atoms with Crippen LogP contribution in [0, 0.1) is 6.92 Å². The average Bonchev–Trinajstić information content (AvgIpc) is 3.32. The third-order valence-corrected chi connectivity index (χ3v) is 7.35. The molecule has 1 aliphatic heterocycles. The van der Waals surface area contributed by atoms with E-state index in [-0.39, 0.29) is 5.69 Å². The molecule has 1 fully saturated rings. The normalized spacial score (nSPS) is 15.3. The Morgan fingerprint density at radius 3 is 2.60 bits per heavy atom. The minimum atomic E-state index is -1.06. The predicted octanol–water partition coefficient (Wildman–Crippen LogP) is 4.86. The van der Waals surface area contributed by atoms with Gasteiger partial charge in [-0.15, -0.1) is 5.10 Å². The molecule has 6 rings (SSSR count). The standard InChI is InChI=1S/C28H27N5O2/c1-18-8-9-23-21(5-3-6-24(23)29-18)20-13-16-32(17-14-20)15-12-19-4-2-7-25-22(19)10-11-26-27(28(34)35)30-31-33(25)26/h2-11,20H,12-17H2,1H3,(H,34,35). The van der Waals surface area contributed by atoms with E-state index in [4.69, 9.17) is 4.98 Å². The number of aromatic carboxylic acids is 1. The number of carboxylic acid groups (broad SMARTS) is 1. The second-order valence-corrected chi connectivity index (χ2v) is 9.46. The minimum absolute atomic E-state index is 0.0164. The highest BCUT2D eigenvalue weighted by atomic mass is 16.4. The summed E-state index contributed by atoms with van der Waals surface area (Å²) in [6.45, 7) is 5.21. The summed E-state index contributed by atoms with van der Waals surface area (Å²) in [5.41, 5.74) is 6.22. The van der Waals surface area contributed by atoms with Crippen LogP contribution in [0.1, 0.15) is 46.1 Å². The van der Waals surface area contributed by atoms with E-state index in [1.165, 1.54) is 16.5 Å². The summed E-state index contributed by atoms with van der Waals surface area (Å²) in [4.78, 5) is 18.7. The number of carboxylic acids is 1. The zero-order chi connectivity index (χ0) is 23.9. The van der Waals surface area contributed by atoms with Gasteiger partial charge in [-0.2, -0.15) is 0 Å². The van der Waals surface area contributed by atoms with Gasteiger partial charge in [0.15, 0.2) is 5.69 Å². The Balaban J connectivity index is 1.16. The topological polar surface area (TPSA) is 83.6 Å². The molecule has 4 heterocycles. The molecule has 1 saturated heterocycles. The number of piperidine rings is 1. The lowest BCUT2D eigenvalue weighted by molar-refractivity contribution is 0.0692. The minimum Gasteiger partial charge on any atom is -0.476 e. The van der Waals surface area contributed by atoms with Gasteiger partial charge in [0.1, 0.15) is 5.52 Å². The summed E-state index contributed by atoms with van der Waals surface area (Å²) in [6.07, 6.45) is 3.24. The molecule has 5 aromatic rings.